The van der Waals surface area contributed by atoms with E-state index in [0.29, 0.717) is 36.9 Å². The van der Waals surface area contributed by atoms with Gasteiger partial charge in [-0.15, -0.1) is 0 Å². The van der Waals surface area contributed by atoms with Crippen molar-refractivity contribution < 1.29 is 23.5 Å². The van der Waals surface area contributed by atoms with Crippen LogP contribution in [0.25, 0.3) is 0 Å². The predicted molar refractivity (Wildman–Crippen MR) is 115 cm³/mol. The summed E-state index contributed by atoms with van der Waals surface area (Å²) in [4.78, 5) is 29.0. The summed E-state index contributed by atoms with van der Waals surface area (Å²) >= 11 is 0. The predicted octanol–water partition coefficient (Wildman–Crippen LogP) is 3.51. The van der Waals surface area contributed by atoms with Crippen LogP contribution in [0.15, 0.2) is 40.8 Å². The lowest BCUT2D eigenvalue weighted by Gasteiger charge is -2.29. The minimum Gasteiger partial charge on any atom is -0.497 e. The molecule has 1 heterocycles. The Hall–Kier alpha value is -3.00. The van der Waals surface area contributed by atoms with Crippen LogP contribution >= 0.6 is 0 Å². The maximum absolute atomic E-state index is 13.0. The van der Waals surface area contributed by atoms with Gasteiger partial charge in [-0.3, -0.25) is 4.79 Å². The van der Waals surface area contributed by atoms with Crippen LogP contribution in [-0.4, -0.2) is 61.7 Å². The van der Waals surface area contributed by atoms with Crippen LogP contribution in [0.5, 0.6) is 5.75 Å². The first-order valence-corrected chi connectivity index (χ1v) is 9.87. The highest BCUT2D eigenvalue weighted by atomic mass is 16.5. The van der Waals surface area contributed by atoms with Crippen molar-refractivity contribution >= 4 is 17.6 Å². The third-order valence-corrected chi connectivity index (χ3v) is 4.59. The topological polar surface area (TPSA) is 84.2 Å². The summed E-state index contributed by atoms with van der Waals surface area (Å²) in [5, 5.41) is 2.83. The minimum absolute atomic E-state index is 0.0525. The highest BCUT2D eigenvalue weighted by Crippen LogP contribution is 2.16. The molecule has 0 aliphatic rings. The molecule has 2 rings (SSSR count). The largest absolute Gasteiger partial charge is 0.497 e. The van der Waals surface area contributed by atoms with E-state index in [2.05, 4.69) is 5.32 Å². The molecule has 3 amide bonds. The number of aryl methyl sites for hydroxylation is 1. The van der Waals surface area contributed by atoms with Gasteiger partial charge in [0.1, 0.15) is 23.8 Å². The van der Waals surface area contributed by atoms with Crippen LogP contribution in [0, 0.1) is 6.92 Å². The first-order chi connectivity index (χ1) is 14.3. The number of hydrogen-bond acceptors (Lipinski definition) is 5. The molecule has 0 atom stereocenters. The molecule has 2 aromatic rings. The zero-order chi connectivity index (χ0) is 22.1. The van der Waals surface area contributed by atoms with E-state index in [1.54, 1.807) is 43.4 Å². The van der Waals surface area contributed by atoms with E-state index in [4.69, 9.17) is 13.9 Å². The van der Waals surface area contributed by atoms with Gasteiger partial charge in [0, 0.05) is 25.4 Å². The lowest BCUT2D eigenvalue weighted by atomic mass is 10.3. The van der Waals surface area contributed by atoms with Gasteiger partial charge in [0.05, 0.1) is 20.3 Å². The summed E-state index contributed by atoms with van der Waals surface area (Å²) in [6.45, 7) is 6.67. The molecule has 0 saturated heterocycles. The van der Waals surface area contributed by atoms with Crippen LogP contribution in [-0.2, 0) is 16.1 Å². The van der Waals surface area contributed by atoms with Crippen molar-refractivity contribution in [2.24, 2.45) is 0 Å². The number of ether oxygens (including phenoxy) is 2. The van der Waals surface area contributed by atoms with Gasteiger partial charge in [0.2, 0.25) is 5.91 Å². The van der Waals surface area contributed by atoms with Gasteiger partial charge in [-0.25, -0.2) is 4.79 Å². The molecule has 8 nitrogen and oxygen atoms in total. The summed E-state index contributed by atoms with van der Waals surface area (Å²) in [5.41, 5.74) is 0.626. The summed E-state index contributed by atoms with van der Waals surface area (Å²) < 4.78 is 15.9. The third kappa shape index (κ3) is 6.81. The molecule has 0 aliphatic heterocycles. The molecule has 0 aliphatic carbocycles. The van der Waals surface area contributed by atoms with Gasteiger partial charge in [-0.2, -0.15) is 0 Å². The smallest absolute Gasteiger partial charge is 0.322 e. The number of rotatable bonds is 10. The number of benzene rings is 1. The number of methoxy groups -OCH3 is 2. The van der Waals surface area contributed by atoms with Crippen molar-refractivity contribution in [2.75, 3.05) is 39.2 Å². The van der Waals surface area contributed by atoms with Crippen LogP contribution < -0.4 is 10.1 Å². The number of amides is 3. The first kappa shape index (κ1) is 23.3. The van der Waals surface area contributed by atoms with Gasteiger partial charge < -0.3 is 29.0 Å². The molecule has 8 heteroatoms. The zero-order valence-corrected chi connectivity index (χ0v) is 18.3. The van der Waals surface area contributed by atoms with Crippen LogP contribution in [0.3, 0.4) is 0 Å². The van der Waals surface area contributed by atoms with Gasteiger partial charge in [-0.1, -0.05) is 0 Å². The van der Waals surface area contributed by atoms with Crippen molar-refractivity contribution in [2.45, 2.75) is 33.4 Å². The van der Waals surface area contributed by atoms with E-state index < -0.39 is 0 Å². The molecular formula is C22H31N3O5. The fourth-order valence-electron chi connectivity index (χ4n) is 2.86. The Morgan fingerprint density at radius 2 is 1.80 bits per heavy atom. The number of carbonyl (C=O) groups excluding carboxylic acids is 2. The summed E-state index contributed by atoms with van der Waals surface area (Å²) in [6, 6.07) is 10.2. The molecule has 1 aromatic heterocycles. The molecule has 1 N–H and O–H groups in total. The zero-order valence-electron chi connectivity index (χ0n) is 18.3. The molecule has 30 heavy (non-hydrogen) atoms. The second-order valence-electron chi connectivity index (χ2n) is 7.20. The first-order valence-electron chi connectivity index (χ1n) is 9.87. The van der Waals surface area contributed by atoms with Gasteiger partial charge in [0.15, 0.2) is 0 Å². The summed E-state index contributed by atoms with van der Waals surface area (Å²) in [5.74, 6) is 1.99. The lowest BCUT2D eigenvalue weighted by Crippen LogP contribution is -2.47. The van der Waals surface area contributed by atoms with Crippen LogP contribution in [0.4, 0.5) is 10.5 Å². The Morgan fingerprint density at radius 3 is 2.33 bits per heavy atom. The van der Waals surface area contributed by atoms with Gasteiger partial charge >= 0.3 is 6.03 Å². The normalized spacial score (nSPS) is 10.7. The lowest BCUT2D eigenvalue weighted by molar-refractivity contribution is -0.133. The third-order valence-electron chi connectivity index (χ3n) is 4.59. The number of furan rings is 1. The Morgan fingerprint density at radius 1 is 1.10 bits per heavy atom. The Kier molecular flexibility index (Phi) is 8.73. The fourth-order valence-corrected chi connectivity index (χ4v) is 2.86. The van der Waals surface area contributed by atoms with E-state index in [1.165, 1.54) is 4.90 Å². The van der Waals surface area contributed by atoms with E-state index >= 15 is 0 Å². The average Bonchev–Trinajstić information content (AvgIpc) is 3.14. The highest BCUT2D eigenvalue weighted by Gasteiger charge is 2.24. The maximum Gasteiger partial charge on any atom is 0.322 e. The van der Waals surface area contributed by atoms with E-state index in [9.17, 15) is 9.59 Å². The molecule has 0 bridgehead atoms. The number of urea groups is 1. The summed E-state index contributed by atoms with van der Waals surface area (Å²) in [7, 11) is 3.17. The molecule has 0 unspecified atom stereocenters. The second-order valence-corrected chi connectivity index (χ2v) is 7.20. The quantitative estimate of drug-likeness (QED) is 0.639. The number of nitrogens with one attached hydrogen (secondary N) is 1. The standard InChI is InChI=1S/C22H31N3O5/c1-16(2)25(22(27)23-18-7-10-19(29-5)11-8-18)15-21(26)24(12-13-28-4)14-20-9-6-17(3)30-20/h6-11,16H,12-15H2,1-5H3,(H,23,27). The van der Waals surface area contributed by atoms with Crippen molar-refractivity contribution in [3.05, 3.63) is 47.9 Å². The fraction of sp³-hybridized carbons (Fsp3) is 0.455. The SMILES string of the molecule is COCCN(Cc1ccc(C)o1)C(=O)CN(C(=O)Nc1ccc(OC)cc1)C(C)C. The molecule has 0 fully saturated rings. The number of anilines is 1. The average molecular weight is 418 g/mol. The van der Waals surface area contributed by atoms with Gasteiger partial charge in [0.25, 0.3) is 0 Å². The highest BCUT2D eigenvalue weighted by molar-refractivity contribution is 5.92. The number of hydrogen-bond donors (Lipinski definition) is 1. The van der Waals surface area contributed by atoms with Crippen molar-refractivity contribution in [3.63, 3.8) is 0 Å². The maximum atomic E-state index is 13.0. The number of carbonyl (C=O) groups is 2. The molecular weight excluding hydrogens is 386 g/mol. The Balaban J connectivity index is 2.06. The van der Waals surface area contributed by atoms with E-state index in [1.807, 2.05) is 32.9 Å². The monoisotopic (exact) mass is 417 g/mol. The molecule has 164 valence electrons. The number of nitrogens with zero attached hydrogens (tertiary/aromatic N) is 2. The molecule has 1 aromatic carbocycles. The second kappa shape index (κ2) is 11.3. The van der Waals surface area contributed by atoms with E-state index in [-0.39, 0.29) is 24.5 Å². The molecule has 0 radical (unpaired) electrons. The summed E-state index contributed by atoms with van der Waals surface area (Å²) in [6.07, 6.45) is 0. The van der Waals surface area contributed by atoms with E-state index in [0.717, 1.165) is 5.76 Å². The van der Waals surface area contributed by atoms with Crippen molar-refractivity contribution in [1.82, 2.24) is 9.80 Å². The van der Waals surface area contributed by atoms with Crippen LogP contribution in [0.2, 0.25) is 0 Å². The van der Waals surface area contributed by atoms with Gasteiger partial charge in [-0.05, 0) is 57.2 Å². The molecule has 0 spiro atoms. The Labute approximate surface area is 177 Å². The van der Waals surface area contributed by atoms with Crippen molar-refractivity contribution in [1.29, 1.82) is 0 Å². The van der Waals surface area contributed by atoms with Crippen molar-refractivity contribution in [3.8, 4) is 5.75 Å². The Bertz CT molecular complexity index is 816. The molecule has 0 saturated carbocycles. The van der Waals surface area contributed by atoms with Crippen LogP contribution in [0.1, 0.15) is 25.4 Å². The minimum atomic E-state index is -0.343.